The summed E-state index contributed by atoms with van der Waals surface area (Å²) in [6, 6.07) is 10.0. The molecule has 312 valence electrons. The highest BCUT2D eigenvalue weighted by Gasteiger charge is 2.66. The Labute approximate surface area is 350 Å². The molecular weight excluding hydrogens is 763 g/mol. The number of benzene rings is 1. The van der Waals surface area contributed by atoms with E-state index in [1.807, 2.05) is 37.1 Å². The van der Waals surface area contributed by atoms with Crippen molar-refractivity contribution < 1.29 is 19.7 Å². The molecule has 3 atom stereocenters. The molecule has 0 saturated heterocycles. The van der Waals surface area contributed by atoms with E-state index < -0.39 is 5.97 Å². The first-order valence-corrected chi connectivity index (χ1v) is 22.1. The van der Waals surface area contributed by atoms with Gasteiger partial charge in [0, 0.05) is 54.1 Å². The number of hydrogen-bond acceptors (Lipinski definition) is 12. The molecule has 4 N–H and O–H groups in total. The van der Waals surface area contributed by atoms with Crippen LogP contribution in [0.1, 0.15) is 105 Å². The first-order chi connectivity index (χ1) is 28.2. The molecule has 4 bridgehead atoms. The number of anilines is 4. The number of fused-ring (bicyclic) bond motifs is 2. The van der Waals surface area contributed by atoms with Crippen molar-refractivity contribution in [3.63, 3.8) is 0 Å². The van der Waals surface area contributed by atoms with E-state index in [1.165, 1.54) is 12.0 Å². The van der Waals surface area contributed by atoms with Crippen molar-refractivity contribution in [1.29, 1.82) is 0 Å². The van der Waals surface area contributed by atoms with E-state index in [9.17, 15) is 15.0 Å². The number of carbonyl (C=O) groups is 1. The third-order valence-corrected chi connectivity index (χ3v) is 14.5. The summed E-state index contributed by atoms with van der Waals surface area (Å²) in [5.41, 5.74) is 6.69. The summed E-state index contributed by atoms with van der Waals surface area (Å²) in [6.45, 7) is 16.4. The topological polar surface area (TPSA) is 163 Å². The van der Waals surface area contributed by atoms with E-state index in [4.69, 9.17) is 19.8 Å². The number of pyridine rings is 1. The predicted octanol–water partition coefficient (Wildman–Crippen LogP) is 8.29. The number of rotatable bonds is 14. The second-order valence-electron chi connectivity index (χ2n) is 19.0. The van der Waals surface area contributed by atoms with Gasteiger partial charge in [-0.3, -0.25) is 4.68 Å². The number of aliphatic hydroxyl groups is 1. The second-order valence-corrected chi connectivity index (χ2v) is 20.0. The third kappa shape index (κ3) is 7.51. The highest BCUT2D eigenvalue weighted by Crippen LogP contribution is 2.72. The van der Waals surface area contributed by atoms with Crippen molar-refractivity contribution in [2.45, 2.75) is 118 Å². The molecule has 5 aliphatic rings. The first-order valence-electron chi connectivity index (χ1n) is 21.3. The SMILES string of the molecule is CCC(O)CNCCOC12CC3(C)CC(C)(CC(Cn4ncc(-c5ccc(N6CCCc7c6nnc(Nc6nc8cc(C)ccc8s6)c7C)nc5C(=O)O)c4C)(C3)C1)C2. The Balaban J connectivity index is 0.952. The Kier molecular flexibility index (Phi) is 10.1. The zero-order valence-electron chi connectivity index (χ0n) is 35.2. The van der Waals surface area contributed by atoms with Crippen LogP contribution in [0.2, 0.25) is 0 Å². The van der Waals surface area contributed by atoms with Crippen LogP contribution in [0.15, 0.2) is 36.5 Å². The fourth-order valence-corrected chi connectivity index (χ4v) is 13.0. The van der Waals surface area contributed by atoms with Crippen molar-refractivity contribution in [2.24, 2.45) is 16.2 Å². The van der Waals surface area contributed by atoms with Gasteiger partial charge in [-0.15, -0.1) is 10.2 Å². The summed E-state index contributed by atoms with van der Waals surface area (Å²) in [5, 5.41) is 42.3. The molecule has 4 saturated carbocycles. The highest BCUT2D eigenvalue weighted by atomic mass is 32.1. The summed E-state index contributed by atoms with van der Waals surface area (Å²) in [5.74, 6) is 0.814. The first kappa shape index (κ1) is 39.9. The normalized spacial score (nSPS) is 26.4. The van der Waals surface area contributed by atoms with Crippen molar-refractivity contribution in [1.82, 2.24) is 35.3 Å². The monoisotopic (exact) mass is 819 g/mol. The number of nitrogens with one attached hydrogen (secondary N) is 2. The van der Waals surface area contributed by atoms with Gasteiger partial charge in [0.25, 0.3) is 0 Å². The fourth-order valence-electron chi connectivity index (χ4n) is 12.2. The van der Waals surface area contributed by atoms with Gasteiger partial charge in [0.2, 0.25) is 0 Å². The van der Waals surface area contributed by atoms with Gasteiger partial charge in [-0.1, -0.05) is 38.2 Å². The Morgan fingerprint density at radius 2 is 1.80 bits per heavy atom. The summed E-state index contributed by atoms with van der Waals surface area (Å²) in [6.07, 6.45) is 10.5. The van der Waals surface area contributed by atoms with Crippen LogP contribution in [0.25, 0.3) is 21.3 Å². The minimum absolute atomic E-state index is 0.00596. The van der Waals surface area contributed by atoms with Crippen LogP contribution in [-0.2, 0) is 17.7 Å². The predicted molar refractivity (Wildman–Crippen MR) is 231 cm³/mol. The van der Waals surface area contributed by atoms with Crippen LogP contribution in [-0.4, -0.2) is 84.1 Å². The highest BCUT2D eigenvalue weighted by molar-refractivity contribution is 7.22. The summed E-state index contributed by atoms with van der Waals surface area (Å²) < 4.78 is 10.1. The second kappa shape index (κ2) is 14.9. The van der Waals surface area contributed by atoms with Crippen LogP contribution in [0.3, 0.4) is 0 Å². The van der Waals surface area contributed by atoms with Gasteiger partial charge < -0.3 is 30.5 Å². The number of aromatic carboxylic acids is 1. The minimum atomic E-state index is -1.08. The van der Waals surface area contributed by atoms with E-state index in [0.717, 1.165) is 102 Å². The molecule has 1 aromatic carbocycles. The number of thiazole rings is 1. The molecule has 4 fully saturated rings. The lowest BCUT2D eigenvalue weighted by Gasteiger charge is -2.69. The van der Waals surface area contributed by atoms with Crippen LogP contribution in [0.4, 0.5) is 22.6 Å². The van der Waals surface area contributed by atoms with Crippen LogP contribution >= 0.6 is 11.3 Å². The smallest absolute Gasteiger partial charge is 0.355 e. The van der Waals surface area contributed by atoms with Gasteiger partial charge in [0.15, 0.2) is 22.5 Å². The summed E-state index contributed by atoms with van der Waals surface area (Å²) in [7, 11) is 0. The molecule has 0 spiro atoms. The largest absolute Gasteiger partial charge is 0.476 e. The third-order valence-electron chi connectivity index (χ3n) is 13.6. The zero-order valence-corrected chi connectivity index (χ0v) is 36.0. The Morgan fingerprint density at radius 3 is 2.56 bits per heavy atom. The number of ether oxygens (including phenoxy) is 1. The van der Waals surface area contributed by atoms with Crippen molar-refractivity contribution in [2.75, 3.05) is 36.5 Å². The zero-order chi connectivity index (χ0) is 41.3. The summed E-state index contributed by atoms with van der Waals surface area (Å²) >= 11 is 1.58. The Hall–Kier alpha value is -4.50. The molecule has 0 radical (unpaired) electrons. The molecule has 0 amide bonds. The Morgan fingerprint density at radius 1 is 1.00 bits per heavy atom. The van der Waals surface area contributed by atoms with Crippen molar-refractivity contribution >= 4 is 50.1 Å². The maximum Gasteiger partial charge on any atom is 0.355 e. The molecule has 10 rings (SSSR count). The van der Waals surface area contributed by atoms with E-state index in [-0.39, 0.29) is 33.6 Å². The van der Waals surface area contributed by atoms with Gasteiger partial charge in [-0.05, 0) is 125 Å². The van der Waals surface area contributed by atoms with E-state index in [2.05, 4.69) is 71.4 Å². The molecule has 4 aromatic heterocycles. The molecule has 13 nitrogen and oxygen atoms in total. The lowest BCUT2D eigenvalue weighted by atomic mass is 9.39. The van der Waals surface area contributed by atoms with E-state index in [0.29, 0.717) is 42.7 Å². The average Bonchev–Trinajstić information content (AvgIpc) is 3.74. The minimum Gasteiger partial charge on any atom is -0.476 e. The van der Waals surface area contributed by atoms with Crippen LogP contribution in [0, 0.1) is 37.0 Å². The van der Waals surface area contributed by atoms with Crippen LogP contribution in [0.5, 0.6) is 0 Å². The van der Waals surface area contributed by atoms with Gasteiger partial charge in [0.05, 0.1) is 34.7 Å². The molecule has 59 heavy (non-hydrogen) atoms. The molecule has 4 aliphatic carbocycles. The number of nitrogens with zero attached hydrogens (tertiary/aromatic N) is 7. The summed E-state index contributed by atoms with van der Waals surface area (Å²) in [4.78, 5) is 24.5. The van der Waals surface area contributed by atoms with Gasteiger partial charge in [-0.25, -0.2) is 14.8 Å². The molecule has 14 heteroatoms. The number of aromatic nitrogens is 6. The van der Waals surface area contributed by atoms with Gasteiger partial charge in [0.1, 0.15) is 5.82 Å². The maximum atomic E-state index is 13.0. The standard InChI is InChI=1S/C45H57N9O4S/c1-7-30(55)18-46-14-16-58-45-23-42(5)20-43(6,24-45)22-44(21-42,25-45)26-54-29(4)33(19-47-54)32-11-13-36(49-37(32)40(56)57)53-15-8-9-31-28(3)38(51-52-39(31)53)50-41-48-34-17-27(2)10-12-35(34)59-41/h10-13,17,19,30,46,55H,7-9,14-16,18,20-26H2,1-6H3,(H,56,57)(H,48,50,51). The fraction of sp³-hybridized carbons (Fsp3) is 0.556. The number of carboxylic acid groups (broad SMARTS) is 1. The van der Waals surface area contributed by atoms with E-state index >= 15 is 0 Å². The molecule has 3 unspecified atom stereocenters. The van der Waals surface area contributed by atoms with Gasteiger partial charge >= 0.3 is 5.97 Å². The Bertz CT molecular complexity index is 2410. The van der Waals surface area contributed by atoms with Gasteiger partial charge in [-0.2, -0.15) is 5.10 Å². The molecule has 1 aliphatic heterocycles. The molecular formula is C45H57N9O4S. The lowest BCUT2D eigenvalue weighted by Crippen LogP contribution is -2.64. The van der Waals surface area contributed by atoms with Crippen molar-refractivity contribution in [3.8, 4) is 11.1 Å². The average molecular weight is 820 g/mol. The maximum absolute atomic E-state index is 13.0. The number of aryl methyl sites for hydroxylation is 1. The number of aliphatic hydroxyl groups excluding tert-OH is 1. The number of hydrogen-bond donors (Lipinski definition) is 4. The molecule has 5 heterocycles. The quantitative estimate of drug-likeness (QED) is 0.0795. The number of carboxylic acids is 1. The van der Waals surface area contributed by atoms with E-state index in [1.54, 1.807) is 11.3 Å². The molecule has 5 aromatic rings. The van der Waals surface area contributed by atoms with Crippen LogP contribution < -0.4 is 15.5 Å². The van der Waals surface area contributed by atoms with Crippen molar-refractivity contribution in [3.05, 3.63) is 64.6 Å². The lowest BCUT2D eigenvalue weighted by molar-refractivity contribution is -0.247.